The van der Waals surface area contributed by atoms with Gasteiger partial charge >= 0.3 is 0 Å². The van der Waals surface area contributed by atoms with Gasteiger partial charge in [-0.15, -0.1) is 0 Å². The van der Waals surface area contributed by atoms with Gasteiger partial charge in [0.1, 0.15) is 11.9 Å². The van der Waals surface area contributed by atoms with Crippen LogP contribution >= 0.6 is 0 Å². The second-order valence-corrected chi connectivity index (χ2v) is 7.29. The summed E-state index contributed by atoms with van der Waals surface area (Å²) in [4.78, 5) is 26.6. The van der Waals surface area contributed by atoms with Gasteiger partial charge in [0.15, 0.2) is 0 Å². The minimum Gasteiger partial charge on any atom is -0.394 e. The van der Waals surface area contributed by atoms with E-state index in [4.69, 9.17) is 4.74 Å². The molecular formula is C20H27FN2O4. The van der Waals surface area contributed by atoms with E-state index in [9.17, 15) is 19.1 Å². The first-order valence-electron chi connectivity index (χ1n) is 9.67. The maximum atomic E-state index is 13.3. The van der Waals surface area contributed by atoms with E-state index in [1.165, 1.54) is 30.7 Å². The van der Waals surface area contributed by atoms with Gasteiger partial charge in [0.25, 0.3) is 5.91 Å². The van der Waals surface area contributed by atoms with Crippen LogP contribution in [0, 0.1) is 5.82 Å². The Morgan fingerprint density at radius 1 is 1.22 bits per heavy atom. The van der Waals surface area contributed by atoms with Crippen molar-refractivity contribution in [2.45, 2.75) is 56.8 Å². The van der Waals surface area contributed by atoms with Gasteiger partial charge in [0.2, 0.25) is 5.91 Å². The number of aliphatic hydroxyl groups is 1. The summed E-state index contributed by atoms with van der Waals surface area (Å²) < 4.78 is 19.2. The van der Waals surface area contributed by atoms with E-state index in [1.54, 1.807) is 0 Å². The van der Waals surface area contributed by atoms with Crippen molar-refractivity contribution in [2.24, 2.45) is 0 Å². The van der Waals surface area contributed by atoms with Crippen molar-refractivity contribution in [3.05, 3.63) is 35.6 Å². The van der Waals surface area contributed by atoms with Gasteiger partial charge in [-0.1, -0.05) is 6.07 Å². The zero-order valence-electron chi connectivity index (χ0n) is 15.4. The summed E-state index contributed by atoms with van der Waals surface area (Å²) in [6.45, 7) is 1.37. The Balaban J connectivity index is 1.53. The Morgan fingerprint density at radius 2 is 2.00 bits per heavy atom. The number of hydrogen-bond donors (Lipinski definition) is 2. The minimum absolute atomic E-state index is 0.0960. The van der Waals surface area contributed by atoms with E-state index in [1.807, 2.05) is 4.90 Å². The molecule has 2 aliphatic rings. The summed E-state index contributed by atoms with van der Waals surface area (Å²) >= 11 is 0. The van der Waals surface area contributed by atoms with Crippen molar-refractivity contribution in [3.8, 4) is 0 Å². The number of carbonyl (C=O) groups excluding carboxylic acids is 2. The van der Waals surface area contributed by atoms with E-state index < -0.39 is 17.8 Å². The van der Waals surface area contributed by atoms with E-state index in [0.717, 1.165) is 25.9 Å². The molecular weight excluding hydrogens is 351 g/mol. The second kappa shape index (κ2) is 9.28. The third-order valence-electron chi connectivity index (χ3n) is 5.31. The molecule has 0 saturated carbocycles. The lowest BCUT2D eigenvalue weighted by Crippen LogP contribution is -2.51. The number of carbonyl (C=O) groups is 2. The average molecular weight is 378 g/mol. The van der Waals surface area contributed by atoms with Gasteiger partial charge in [-0.25, -0.2) is 4.39 Å². The van der Waals surface area contributed by atoms with Crippen molar-refractivity contribution in [3.63, 3.8) is 0 Å². The number of aliphatic hydroxyl groups excluding tert-OH is 1. The normalized spacial score (nSPS) is 25.9. The van der Waals surface area contributed by atoms with Gasteiger partial charge in [-0.05, 0) is 50.3 Å². The van der Waals surface area contributed by atoms with Crippen molar-refractivity contribution >= 4 is 11.8 Å². The number of rotatable bonds is 5. The molecule has 0 unspecified atom stereocenters. The molecule has 2 aliphatic heterocycles. The molecule has 2 N–H and O–H groups in total. The monoisotopic (exact) mass is 378 g/mol. The van der Waals surface area contributed by atoms with E-state index >= 15 is 0 Å². The highest BCUT2D eigenvalue weighted by molar-refractivity contribution is 5.94. The van der Waals surface area contributed by atoms with Crippen LogP contribution in [-0.4, -0.2) is 59.8 Å². The number of piperidine rings is 1. The molecule has 2 saturated heterocycles. The van der Waals surface area contributed by atoms with E-state index in [-0.39, 0.29) is 30.2 Å². The highest BCUT2D eigenvalue weighted by Crippen LogP contribution is 2.23. The van der Waals surface area contributed by atoms with Crippen LogP contribution in [0.15, 0.2) is 24.3 Å². The van der Waals surface area contributed by atoms with Crippen LogP contribution in [0.1, 0.15) is 48.9 Å². The predicted octanol–water partition coefficient (Wildman–Crippen LogP) is 1.87. The van der Waals surface area contributed by atoms with Crippen LogP contribution in [0.25, 0.3) is 0 Å². The van der Waals surface area contributed by atoms with Crippen LogP contribution < -0.4 is 5.32 Å². The lowest BCUT2D eigenvalue weighted by atomic mass is 9.96. The number of halogens is 1. The molecule has 0 radical (unpaired) electrons. The Bertz CT molecular complexity index is 663. The number of likely N-dealkylation sites (tertiary alicyclic amines) is 1. The number of nitrogens with one attached hydrogen (secondary N) is 1. The third-order valence-corrected chi connectivity index (χ3v) is 5.31. The maximum Gasteiger partial charge on any atom is 0.251 e. The average Bonchev–Trinajstić information content (AvgIpc) is 2.69. The van der Waals surface area contributed by atoms with Gasteiger partial charge < -0.3 is 20.1 Å². The molecule has 0 aliphatic carbocycles. The summed E-state index contributed by atoms with van der Waals surface area (Å²) in [5.41, 5.74) is 0.231. The SMILES string of the molecule is O=C(N[C@H]1CC[C@@H](CC(=O)N2CCCCC2)O[C@@H]1CO)c1cccc(F)c1. The second-order valence-electron chi connectivity index (χ2n) is 7.29. The first-order chi connectivity index (χ1) is 13.1. The molecule has 7 heteroatoms. The predicted molar refractivity (Wildman–Crippen MR) is 97.7 cm³/mol. The highest BCUT2D eigenvalue weighted by Gasteiger charge is 2.33. The zero-order chi connectivity index (χ0) is 19.2. The molecule has 6 nitrogen and oxygen atoms in total. The fourth-order valence-electron chi connectivity index (χ4n) is 3.80. The molecule has 27 heavy (non-hydrogen) atoms. The van der Waals surface area contributed by atoms with Crippen molar-refractivity contribution < 1.29 is 23.8 Å². The molecule has 1 aromatic carbocycles. The molecule has 2 heterocycles. The molecule has 1 aromatic rings. The first kappa shape index (κ1) is 19.8. The lowest BCUT2D eigenvalue weighted by Gasteiger charge is -2.37. The van der Waals surface area contributed by atoms with Crippen LogP contribution in [0.5, 0.6) is 0 Å². The van der Waals surface area contributed by atoms with E-state index in [0.29, 0.717) is 19.3 Å². The Morgan fingerprint density at radius 3 is 2.70 bits per heavy atom. The maximum absolute atomic E-state index is 13.3. The van der Waals surface area contributed by atoms with Gasteiger partial charge in [-0.3, -0.25) is 9.59 Å². The van der Waals surface area contributed by atoms with Gasteiger partial charge in [0.05, 0.1) is 25.2 Å². The van der Waals surface area contributed by atoms with Crippen LogP contribution in [0.2, 0.25) is 0 Å². The number of nitrogens with zero attached hydrogens (tertiary/aromatic N) is 1. The Hall–Kier alpha value is -1.99. The topological polar surface area (TPSA) is 78.9 Å². The van der Waals surface area contributed by atoms with Gasteiger partial charge in [-0.2, -0.15) is 0 Å². The minimum atomic E-state index is -0.574. The van der Waals surface area contributed by atoms with Crippen molar-refractivity contribution in [1.82, 2.24) is 10.2 Å². The third kappa shape index (κ3) is 5.26. The summed E-state index contributed by atoms with van der Waals surface area (Å²) in [6.07, 6.45) is 3.97. The smallest absolute Gasteiger partial charge is 0.251 e. The highest BCUT2D eigenvalue weighted by atomic mass is 19.1. The quantitative estimate of drug-likeness (QED) is 0.820. The number of ether oxygens (including phenoxy) is 1. The molecule has 0 aromatic heterocycles. The van der Waals surface area contributed by atoms with Crippen molar-refractivity contribution in [2.75, 3.05) is 19.7 Å². The molecule has 2 amide bonds. The van der Waals surface area contributed by atoms with Crippen LogP contribution in [0.4, 0.5) is 4.39 Å². The van der Waals surface area contributed by atoms with Crippen molar-refractivity contribution in [1.29, 1.82) is 0 Å². The summed E-state index contributed by atoms with van der Waals surface area (Å²) in [6, 6.07) is 5.10. The standard InChI is InChI=1S/C20H27FN2O4/c21-15-6-4-5-14(11-15)20(26)22-17-8-7-16(27-18(17)13-24)12-19(25)23-9-2-1-3-10-23/h4-6,11,16-18,24H,1-3,7-10,12-13H2,(H,22,26)/t16-,17-,18+/m0/s1. The lowest BCUT2D eigenvalue weighted by molar-refractivity contribution is -0.141. The Labute approximate surface area is 158 Å². The molecule has 3 rings (SSSR count). The molecule has 0 spiro atoms. The molecule has 2 fully saturated rings. The summed E-state index contributed by atoms with van der Waals surface area (Å²) in [5.74, 6) is -0.777. The molecule has 148 valence electrons. The van der Waals surface area contributed by atoms with E-state index in [2.05, 4.69) is 5.32 Å². The molecule has 0 bridgehead atoms. The Kier molecular flexibility index (Phi) is 6.79. The number of hydrogen-bond acceptors (Lipinski definition) is 4. The summed E-state index contributed by atoms with van der Waals surface area (Å²) in [5, 5.41) is 12.5. The fourth-order valence-corrected chi connectivity index (χ4v) is 3.80. The first-order valence-corrected chi connectivity index (χ1v) is 9.67. The fraction of sp³-hybridized carbons (Fsp3) is 0.600. The van der Waals surface area contributed by atoms with Gasteiger partial charge in [0, 0.05) is 18.7 Å². The molecule has 3 atom stereocenters. The zero-order valence-corrected chi connectivity index (χ0v) is 15.4. The summed E-state index contributed by atoms with van der Waals surface area (Å²) in [7, 11) is 0. The largest absolute Gasteiger partial charge is 0.394 e. The number of benzene rings is 1. The van der Waals surface area contributed by atoms with Crippen LogP contribution in [0.3, 0.4) is 0 Å². The number of amides is 2. The van der Waals surface area contributed by atoms with Crippen LogP contribution in [-0.2, 0) is 9.53 Å².